The van der Waals surface area contributed by atoms with Crippen LogP contribution in [0.5, 0.6) is 11.5 Å². The summed E-state index contributed by atoms with van der Waals surface area (Å²) in [5.41, 5.74) is 0.657. The third-order valence-electron chi connectivity index (χ3n) is 5.56. The number of carbonyl (C=O) groups excluding carboxylic acids is 1. The predicted molar refractivity (Wildman–Crippen MR) is 129 cm³/mol. The summed E-state index contributed by atoms with van der Waals surface area (Å²) in [6.45, 7) is 4.17. The highest BCUT2D eigenvalue weighted by Gasteiger charge is 2.45. The number of nitrogens with zero attached hydrogens (tertiary/aromatic N) is 3. The fourth-order valence-electron chi connectivity index (χ4n) is 4.09. The summed E-state index contributed by atoms with van der Waals surface area (Å²) in [6, 6.07) is 8.60. The Bertz CT molecular complexity index is 1480. The van der Waals surface area contributed by atoms with E-state index in [4.69, 9.17) is 20.8 Å². The second kappa shape index (κ2) is 8.73. The number of hydrogen-bond acceptors (Lipinski definition) is 8. The Hall–Kier alpha value is -3.43. The Morgan fingerprint density at radius 2 is 2.00 bits per heavy atom. The maximum Gasteiger partial charge on any atom is 0.297 e. The smallest absolute Gasteiger partial charge is 0.297 e. The molecule has 0 radical (unpaired) electrons. The molecule has 0 aliphatic carbocycles. The van der Waals surface area contributed by atoms with Crippen LogP contribution in [0.4, 0.5) is 5.13 Å². The number of rotatable bonds is 6. The first-order valence-electron chi connectivity index (χ1n) is 10.8. The van der Waals surface area contributed by atoms with Crippen LogP contribution in [0.15, 0.2) is 45.6 Å². The lowest BCUT2D eigenvalue weighted by Crippen LogP contribution is -2.29. The van der Waals surface area contributed by atoms with Gasteiger partial charge in [-0.05, 0) is 49.2 Å². The fourth-order valence-corrected chi connectivity index (χ4v) is 5.23. The predicted octanol–water partition coefficient (Wildman–Crippen LogP) is 5.10. The molecule has 0 spiro atoms. The van der Waals surface area contributed by atoms with Crippen LogP contribution in [0.2, 0.25) is 5.02 Å². The monoisotopic (exact) mass is 497 g/mol. The number of benzene rings is 2. The second-order valence-corrected chi connectivity index (χ2v) is 9.26. The van der Waals surface area contributed by atoms with Crippen molar-refractivity contribution in [3.63, 3.8) is 0 Å². The van der Waals surface area contributed by atoms with Crippen molar-refractivity contribution in [3.8, 4) is 11.5 Å². The number of fused-ring (bicyclic) bond motifs is 2. The lowest BCUT2D eigenvalue weighted by Gasteiger charge is -2.22. The molecule has 0 saturated heterocycles. The van der Waals surface area contributed by atoms with E-state index in [0.29, 0.717) is 22.3 Å². The second-order valence-electron chi connectivity index (χ2n) is 7.78. The van der Waals surface area contributed by atoms with Crippen molar-refractivity contribution in [1.29, 1.82) is 0 Å². The topological polar surface area (TPSA) is 106 Å². The van der Waals surface area contributed by atoms with Gasteiger partial charge in [-0.2, -0.15) is 0 Å². The summed E-state index contributed by atoms with van der Waals surface area (Å²) in [5, 5.41) is 20.5. The number of halogens is 1. The van der Waals surface area contributed by atoms with Crippen LogP contribution in [-0.4, -0.2) is 27.8 Å². The van der Waals surface area contributed by atoms with Crippen molar-refractivity contribution < 1.29 is 19.1 Å². The molecule has 0 fully saturated rings. The zero-order valence-electron chi connectivity index (χ0n) is 18.4. The van der Waals surface area contributed by atoms with E-state index < -0.39 is 11.9 Å². The average Bonchev–Trinajstić information content (AvgIpc) is 3.39. The number of amides is 1. The summed E-state index contributed by atoms with van der Waals surface area (Å²) in [6.07, 6.45) is 1.61. The number of aromatic nitrogens is 2. The van der Waals surface area contributed by atoms with Crippen LogP contribution in [-0.2, 0) is 6.42 Å². The zero-order chi connectivity index (χ0) is 24.0. The molecule has 10 heteroatoms. The van der Waals surface area contributed by atoms with E-state index in [2.05, 4.69) is 10.2 Å². The van der Waals surface area contributed by atoms with E-state index in [-0.39, 0.29) is 39.2 Å². The van der Waals surface area contributed by atoms with E-state index in [1.807, 2.05) is 6.92 Å². The summed E-state index contributed by atoms with van der Waals surface area (Å²) in [7, 11) is 0. The molecule has 1 aliphatic rings. The van der Waals surface area contributed by atoms with Crippen LogP contribution in [0.1, 0.15) is 53.0 Å². The Morgan fingerprint density at radius 1 is 1.18 bits per heavy atom. The van der Waals surface area contributed by atoms with Gasteiger partial charge in [0, 0.05) is 11.4 Å². The van der Waals surface area contributed by atoms with Gasteiger partial charge in [-0.3, -0.25) is 14.5 Å². The first-order valence-corrected chi connectivity index (χ1v) is 12.0. The van der Waals surface area contributed by atoms with Crippen LogP contribution >= 0.6 is 22.9 Å². The number of hydrogen-bond donors (Lipinski definition) is 1. The molecule has 1 aliphatic heterocycles. The number of aromatic hydroxyl groups is 1. The Kier molecular flexibility index (Phi) is 5.75. The molecule has 1 unspecified atom stereocenters. The third kappa shape index (κ3) is 3.61. The van der Waals surface area contributed by atoms with Gasteiger partial charge in [0.2, 0.25) is 10.9 Å². The molecule has 5 rings (SSSR count). The molecule has 3 heterocycles. The molecule has 2 aromatic heterocycles. The van der Waals surface area contributed by atoms with Crippen molar-refractivity contribution in [3.05, 3.63) is 73.5 Å². The van der Waals surface area contributed by atoms with Gasteiger partial charge >= 0.3 is 0 Å². The van der Waals surface area contributed by atoms with Crippen molar-refractivity contribution >= 4 is 44.9 Å². The maximum atomic E-state index is 13.7. The summed E-state index contributed by atoms with van der Waals surface area (Å²) in [5.74, 6) is -0.333. The van der Waals surface area contributed by atoms with Crippen molar-refractivity contribution in [2.24, 2.45) is 0 Å². The molecule has 1 atom stereocenters. The van der Waals surface area contributed by atoms with Crippen LogP contribution in [0.25, 0.3) is 11.0 Å². The Balaban J connectivity index is 1.76. The molecule has 1 amide bonds. The molecule has 8 nitrogen and oxygen atoms in total. The van der Waals surface area contributed by atoms with Crippen molar-refractivity contribution in [2.75, 3.05) is 11.5 Å². The Morgan fingerprint density at radius 3 is 2.76 bits per heavy atom. The summed E-state index contributed by atoms with van der Waals surface area (Å²) >= 11 is 7.43. The number of aryl methyl sites for hydroxylation is 1. The molecule has 2 aromatic carbocycles. The number of phenolic OH excluding ortho intramolecular Hbond substituents is 1. The van der Waals surface area contributed by atoms with Gasteiger partial charge in [-0.25, -0.2) is 0 Å². The summed E-state index contributed by atoms with van der Waals surface area (Å²) in [4.78, 5) is 28.7. The van der Waals surface area contributed by atoms with E-state index in [0.717, 1.165) is 17.8 Å². The van der Waals surface area contributed by atoms with E-state index in [1.165, 1.54) is 28.4 Å². The minimum atomic E-state index is -0.843. The minimum absolute atomic E-state index is 0.0415. The van der Waals surface area contributed by atoms with E-state index in [1.54, 1.807) is 31.2 Å². The van der Waals surface area contributed by atoms with Gasteiger partial charge in [0.05, 0.1) is 23.6 Å². The number of ether oxygens (including phenoxy) is 1. The van der Waals surface area contributed by atoms with Gasteiger partial charge in [0.15, 0.2) is 16.9 Å². The summed E-state index contributed by atoms with van der Waals surface area (Å²) < 4.78 is 11.5. The quantitative estimate of drug-likeness (QED) is 0.394. The first-order chi connectivity index (χ1) is 16.4. The van der Waals surface area contributed by atoms with E-state index >= 15 is 0 Å². The lowest BCUT2D eigenvalue weighted by molar-refractivity contribution is 0.0970. The molecule has 174 valence electrons. The van der Waals surface area contributed by atoms with Crippen LogP contribution < -0.4 is 15.1 Å². The molecule has 34 heavy (non-hydrogen) atoms. The average molecular weight is 498 g/mol. The van der Waals surface area contributed by atoms with Gasteiger partial charge in [-0.15, -0.1) is 10.2 Å². The molecule has 1 N–H and O–H groups in total. The number of anilines is 1. The largest absolute Gasteiger partial charge is 0.504 e. The molecular weight excluding hydrogens is 478 g/mol. The highest BCUT2D eigenvalue weighted by molar-refractivity contribution is 7.15. The fraction of sp³-hybridized carbons (Fsp3) is 0.250. The molecular formula is C24H20ClN3O5S. The van der Waals surface area contributed by atoms with Gasteiger partial charge in [0.1, 0.15) is 10.6 Å². The Labute approximate surface area is 203 Å². The van der Waals surface area contributed by atoms with Crippen LogP contribution in [0, 0.1) is 0 Å². The highest BCUT2D eigenvalue weighted by Crippen LogP contribution is 2.44. The third-order valence-corrected chi connectivity index (χ3v) is 6.78. The highest BCUT2D eigenvalue weighted by atomic mass is 35.5. The molecule has 0 bridgehead atoms. The van der Waals surface area contributed by atoms with Gasteiger partial charge in [0.25, 0.3) is 5.91 Å². The van der Waals surface area contributed by atoms with Crippen LogP contribution in [0.3, 0.4) is 0 Å². The van der Waals surface area contributed by atoms with E-state index in [9.17, 15) is 14.7 Å². The van der Waals surface area contributed by atoms with Crippen molar-refractivity contribution in [1.82, 2.24) is 10.2 Å². The number of carbonyl (C=O) groups is 1. The molecule has 0 saturated carbocycles. The zero-order valence-corrected chi connectivity index (χ0v) is 19.9. The number of phenols is 1. The lowest BCUT2D eigenvalue weighted by atomic mass is 9.98. The normalized spacial score (nSPS) is 15.2. The first kappa shape index (κ1) is 22.4. The minimum Gasteiger partial charge on any atom is -0.504 e. The standard InChI is InChI=1S/C24H20ClN3O5S/c1-3-5-18-26-27-24(34-18)28-20(12-6-8-15(29)17(10-12)32-4-2)19-21(30)14-11-13(25)7-9-16(14)33-22(19)23(28)31/h6-11,20,29H,3-5H2,1-2H3. The molecule has 4 aromatic rings. The maximum absolute atomic E-state index is 13.7. The SMILES string of the molecule is CCCc1nnc(N2C(=O)c3oc4ccc(Cl)cc4c(=O)c3C2c2ccc(O)c(OCC)c2)s1. The van der Waals surface area contributed by atoms with Gasteiger partial charge in [-0.1, -0.05) is 35.9 Å². The van der Waals surface area contributed by atoms with Crippen molar-refractivity contribution in [2.45, 2.75) is 32.7 Å². The van der Waals surface area contributed by atoms with Gasteiger partial charge < -0.3 is 14.3 Å².